The first-order valence-electron chi connectivity index (χ1n) is 9.03. The summed E-state index contributed by atoms with van der Waals surface area (Å²) < 4.78 is 37.7. The van der Waals surface area contributed by atoms with Crippen molar-refractivity contribution >= 4 is 39.0 Å². The molecule has 0 unspecified atom stereocenters. The van der Waals surface area contributed by atoms with Crippen LogP contribution in [0.2, 0.25) is 0 Å². The van der Waals surface area contributed by atoms with Crippen LogP contribution >= 0.6 is 11.8 Å². The Hall–Kier alpha value is -3.18. The SMILES string of the molecule is COc1ccc(NC(=O)Cn2nc(SC)c(S(=O)(=O)c3ccc(OC)cc3)c2N)cc1. The summed E-state index contributed by atoms with van der Waals surface area (Å²) in [6.07, 6.45) is 1.69. The summed E-state index contributed by atoms with van der Waals surface area (Å²) in [5.74, 6) is 0.681. The predicted octanol–water partition coefficient (Wildman–Crippen LogP) is 2.68. The molecule has 0 bridgehead atoms. The third-order valence-electron chi connectivity index (χ3n) is 4.42. The second-order valence-corrected chi connectivity index (χ2v) is 9.02. The highest BCUT2D eigenvalue weighted by Crippen LogP contribution is 2.34. The van der Waals surface area contributed by atoms with Crippen molar-refractivity contribution in [2.75, 3.05) is 31.5 Å². The number of ether oxygens (including phenoxy) is 2. The first kappa shape index (κ1) is 22.5. The number of anilines is 2. The zero-order chi connectivity index (χ0) is 22.6. The minimum absolute atomic E-state index is 0.0533. The number of rotatable bonds is 8. The van der Waals surface area contributed by atoms with Crippen molar-refractivity contribution in [2.24, 2.45) is 0 Å². The van der Waals surface area contributed by atoms with Gasteiger partial charge in [-0.25, -0.2) is 13.1 Å². The molecule has 3 aromatic rings. The summed E-state index contributed by atoms with van der Waals surface area (Å²) >= 11 is 1.13. The van der Waals surface area contributed by atoms with Gasteiger partial charge in [-0.2, -0.15) is 5.10 Å². The third-order valence-corrected chi connectivity index (χ3v) is 7.05. The van der Waals surface area contributed by atoms with Crippen LogP contribution in [0.15, 0.2) is 63.3 Å². The maximum Gasteiger partial charge on any atom is 0.246 e. The molecule has 0 saturated carbocycles. The summed E-state index contributed by atoms with van der Waals surface area (Å²) in [5.41, 5.74) is 6.69. The van der Waals surface area contributed by atoms with Gasteiger partial charge in [0.2, 0.25) is 15.7 Å². The number of amides is 1. The van der Waals surface area contributed by atoms with Gasteiger partial charge in [0, 0.05) is 5.69 Å². The van der Waals surface area contributed by atoms with Gasteiger partial charge in [0.25, 0.3) is 0 Å². The van der Waals surface area contributed by atoms with E-state index < -0.39 is 15.7 Å². The highest BCUT2D eigenvalue weighted by Gasteiger charge is 2.29. The van der Waals surface area contributed by atoms with Crippen LogP contribution in [0.5, 0.6) is 11.5 Å². The lowest BCUT2D eigenvalue weighted by atomic mass is 10.3. The lowest BCUT2D eigenvalue weighted by molar-refractivity contribution is -0.116. The molecule has 0 aliphatic heterocycles. The molecule has 3 rings (SSSR count). The molecule has 2 aromatic carbocycles. The first-order valence-corrected chi connectivity index (χ1v) is 11.7. The van der Waals surface area contributed by atoms with Crippen LogP contribution in [-0.4, -0.2) is 44.6 Å². The van der Waals surface area contributed by atoms with E-state index in [1.54, 1.807) is 49.8 Å². The molecule has 31 heavy (non-hydrogen) atoms. The highest BCUT2D eigenvalue weighted by molar-refractivity contribution is 7.99. The Morgan fingerprint density at radius 1 is 1.06 bits per heavy atom. The van der Waals surface area contributed by atoms with Crippen molar-refractivity contribution in [3.05, 3.63) is 48.5 Å². The number of aromatic nitrogens is 2. The number of carbonyl (C=O) groups is 1. The molecule has 0 aliphatic carbocycles. The van der Waals surface area contributed by atoms with E-state index >= 15 is 0 Å². The van der Waals surface area contributed by atoms with Crippen molar-refractivity contribution in [1.82, 2.24) is 9.78 Å². The molecule has 11 heteroatoms. The second kappa shape index (κ2) is 9.31. The fourth-order valence-corrected chi connectivity index (χ4v) is 5.26. The molecular formula is C20H22N4O5S2. The predicted molar refractivity (Wildman–Crippen MR) is 118 cm³/mol. The topological polar surface area (TPSA) is 126 Å². The fourth-order valence-electron chi connectivity index (χ4n) is 2.83. The molecule has 9 nitrogen and oxygen atoms in total. The van der Waals surface area contributed by atoms with Gasteiger partial charge in [-0.15, -0.1) is 11.8 Å². The van der Waals surface area contributed by atoms with Gasteiger partial charge in [-0.1, -0.05) is 0 Å². The van der Waals surface area contributed by atoms with Gasteiger partial charge < -0.3 is 20.5 Å². The number of carbonyl (C=O) groups excluding carboxylic acids is 1. The lowest BCUT2D eigenvalue weighted by Crippen LogP contribution is -2.21. The number of nitrogen functional groups attached to an aromatic ring is 1. The summed E-state index contributed by atoms with van der Waals surface area (Å²) in [7, 11) is -0.904. The Morgan fingerprint density at radius 2 is 1.61 bits per heavy atom. The minimum atomic E-state index is -3.95. The molecule has 164 valence electrons. The van der Waals surface area contributed by atoms with Crippen LogP contribution < -0.4 is 20.5 Å². The van der Waals surface area contributed by atoms with Crippen LogP contribution in [0.4, 0.5) is 11.5 Å². The standard InChI is InChI=1S/C20H22N4O5S2/c1-28-14-6-4-13(5-7-14)22-17(25)12-24-19(21)18(20(23-24)30-3)31(26,27)16-10-8-15(29-2)9-11-16/h4-11H,12,21H2,1-3H3,(H,22,25). The molecule has 1 amide bonds. The molecular weight excluding hydrogens is 440 g/mol. The maximum absolute atomic E-state index is 13.2. The zero-order valence-corrected chi connectivity index (χ0v) is 18.8. The van der Waals surface area contributed by atoms with Crippen molar-refractivity contribution in [3.8, 4) is 11.5 Å². The van der Waals surface area contributed by atoms with Crippen LogP contribution in [0.25, 0.3) is 0 Å². The number of hydrogen-bond donors (Lipinski definition) is 2. The summed E-state index contributed by atoms with van der Waals surface area (Å²) in [6, 6.07) is 12.8. The number of benzene rings is 2. The summed E-state index contributed by atoms with van der Waals surface area (Å²) in [6.45, 7) is -0.246. The average molecular weight is 463 g/mol. The van der Waals surface area contributed by atoms with Crippen LogP contribution in [0.3, 0.4) is 0 Å². The van der Waals surface area contributed by atoms with Crippen LogP contribution in [-0.2, 0) is 21.2 Å². The molecule has 1 aromatic heterocycles. The average Bonchev–Trinajstić information content (AvgIpc) is 3.10. The number of nitrogens with zero attached hydrogens (tertiary/aromatic N) is 2. The summed E-state index contributed by atoms with van der Waals surface area (Å²) in [4.78, 5) is 12.4. The van der Waals surface area contributed by atoms with Gasteiger partial charge in [0.05, 0.1) is 19.1 Å². The Bertz CT molecular complexity index is 1170. The molecule has 0 atom stereocenters. The molecule has 0 fully saturated rings. The Kier molecular flexibility index (Phi) is 6.76. The second-order valence-electron chi connectivity index (χ2n) is 6.34. The molecule has 0 saturated heterocycles. The van der Waals surface area contributed by atoms with E-state index in [9.17, 15) is 13.2 Å². The summed E-state index contributed by atoms with van der Waals surface area (Å²) in [5, 5.41) is 7.16. The first-order chi connectivity index (χ1) is 14.8. The maximum atomic E-state index is 13.2. The van der Waals surface area contributed by atoms with Gasteiger partial charge in [0.1, 0.15) is 33.8 Å². The fraction of sp³-hybridized carbons (Fsp3) is 0.200. The normalized spacial score (nSPS) is 11.2. The lowest BCUT2D eigenvalue weighted by Gasteiger charge is -2.08. The smallest absolute Gasteiger partial charge is 0.246 e. The van der Waals surface area contributed by atoms with E-state index in [0.717, 1.165) is 11.8 Å². The minimum Gasteiger partial charge on any atom is -0.497 e. The number of nitrogens with one attached hydrogen (secondary N) is 1. The van der Waals surface area contributed by atoms with E-state index in [1.165, 1.54) is 23.9 Å². The number of hydrogen-bond acceptors (Lipinski definition) is 8. The van der Waals surface area contributed by atoms with E-state index in [0.29, 0.717) is 17.2 Å². The quantitative estimate of drug-likeness (QED) is 0.490. The van der Waals surface area contributed by atoms with Gasteiger partial charge in [-0.3, -0.25) is 4.79 Å². The van der Waals surface area contributed by atoms with Crippen molar-refractivity contribution in [1.29, 1.82) is 0 Å². The van der Waals surface area contributed by atoms with Gasteiger partial charge >= 0.3 is 0 Å². The molecule has 1 heterocycles. The number of nitrogens with two attached hydrogens (primary N) is 1. The van der Waals surface area contributed by atoms with Crippen molar-refractivity contribution < 1.29 is 22.7 Å². The van der Waals surface area contributed by atoms with Crippen LogP contribution in [0, 0.1) is 0 Å². The number of methoxy groups -OCH3 is 2. The number of sulfone groups is 1. The molecule has 0 aliphatic rings. The van der Waals surface area contributed by atoms with E-state index in [4.69, 9.17) is 15.2 Å². The van der Waals surface area contributed by atoms with E-state index in [-0.39, 0.29) is 27.2 Å². The van der Waals surface area contributed by atoms with Crippen molar-refractivity contribution in [3.63, 3.8) is 0 Å². The molecule has 3 N–H and O–H groups in total. The van der Waals surface area contributed by atoms with Crippen molar-refractivity contribution in [2.45, 2.75) is 21.4 Å². The zero-order valence-electron chi connectivity index (χ0n) is 17.2. The van der Waals surface area contributed by atoms with Gasteiger partial charge in [0.15, 0.2) is 0 Å². The largest absolute Gasteiger partial charge is 0.497 e. The van der Waals surface area contributed by atoms with E-state index in [2.05, 4.69) is 10.4 Å². The Balaban J connectivity index is 1.87. The molecule has 0 radical (unpaired) electrons. The Labute approximate surface area is 184 Å². The Morgan fingerprint density at radius 3 is 2.13 bits per heavy atom. The highest BCUT2D eigenvalue weighted by atomic mass is 32.2. The van der Waals surface area contributed by atoms with Crippen LogP contribution in [0.1, 0.15) is 0 Å². The van der Waals surface area contributed by atoms with E-state index in [1.807, 2.05) is 0 Å². The third kappa shape index (κ3) is 4.78. The van der Waals surface area contributed by atoms with Gasteiger partial charge in [-0.05, 0) is 54.8 Å². The molecule has 0 spiro atoms. The monoisotopic (exact) mass is 462 g/mol. The number of thioether (sulfide) groups is 1.